The number of rotatable bonds is 13. The molecule has 1 aromatic rings. The summed E-state index contributed by atoms with van der Waals surface area (Å²) in [6.07, 6.45) is 24.2. The number of piperidine rings is 2. The lowest BCUT2D eigenvalue weighted by atomic mass is 9.89. The van der Waals surface area contributed by atoms with Crippen LogP contribution in [0.25, 0.3) is 0 Å². The van der Waals surface area contributed by atoms with Crippen LogP contribution in [-0.2, 0) is 0 Å². The van der Waals surface area contributed by atoms with E-state index in [1.807, 2.05) is 18.2 Å². The standard InChI is InChI=1S/C39H63N5O/c45-39(32-14-8-3-9-15-32)44(37-24-33-16-17-34(25-37)42(33)22-20-40-28-30-10-4-1-5-11-30)38-26-35-18-19-36(27-38)43(35)23-21-41-29-31-12-6-2-7-13-31/h3,8-9,14-15,30-31,33-38,40-41H,1-2,4-7,10-13,16-29H2. The lowest BCUT2D eigenvalue weighted by Crippen LogP contribution is -2.59. The van der Waals surface area contributed by atoms with E-state index in [9.17, 15) is 4.79 Å². The van der Waals surface area contributed by atoms with Gasteiger partial charge in [0.1, 0.15) is 0 Å². The van der Waals surface area contributed by atoms with Gasteiger partial charge in [0.15, 0.2) is 0 Å². The first-order chi connectivity index (χ1) is 22.2. The van der Waals surface area contributed by atoms with Gasteiger partial charge in [0, 0.05) is 68.0 Å². The summed E-state index contributed by atoms with van der Waals surface area (Å²) in [4.78, 5) is 22.5. The van der Waals surface area contributed by atoms with Gasteiger partial charge in [0.05, 0.1) is 0 Å². The Morgan fingerprint density at radius 3 is 1.44 bits per heavy atom. The Bertz CT molecular complexity index is 969. The van der Waals surface area contributed by atoms with Crippen LogP contribution in [-0.4, -0.2) is 96.1 Å². The summed E-state index contributed by atoms with van der Waals surface area (Å²) in [6.45, 7) is 7.03. The molecule has 6 nitrogen and oxygen atoms in total. The molecule has 6 heteroatoms. The second kappa shape index (κ2) is 15.6. The number of carbonyl (C=O) groups excluding carboxylic acids is 1. The maximum Gasteiger partial charge on any atom is 0.254 e. The van der Waals surface area contributed by atoms with Crippen LogP contribution in [0, 0.1) is 11.8 Å². The highest BCUT2D eigenvalue weighted by Gasteiger charge is 2.48. The number of amides is 1. The van der Waals surface area contributed by atoms with E-state index in [1.54, 1.807) is 0 Å². The molecule has 0 radical (unpaired) electrons. The van der Waals surface area contributed by atoms with E-state index < -0.39 is 0 Å². The average Bonchev–Trinajstić information content (AvgIpc) is 3.46. The SMILES string of the molecule is O=C(c1ccccc1)N(C1CC2CCC(C1)N2CCNCC1CCCCC1)C1CC2CCC(C1)N2CCNCC1CCCCC1. The van der Waals surface area contributed by atoms with Crippen LogP contribution < -0.4 is 10.6 Å². The third-order valence-electron chi connectivity index (χ3n) is 13.2. The molecule has 4 saturated heterocycles. The first-order valence-electron chi connectivity index (χ1n) is 19.5. The van der Waals surface area contributed by atoms with Crippen molar-refractivity contribution in [3.05, 3.63) is 35.9 Å². The Morgan fingerprint density at radius 2 is 1.02 bits per heavy atom. The monoisotopic (exact) mass is 618 g/mol. The van der Waals surface area contributed by atoms with Crippen LogP contribution in [0.1, 0.15) is 126 Å². The number of fused-ring (bicyclic) bond motifs is 4. The first kappa shape index (κ1) is 32.1. The third-order valence-corrected chi connectivity index (χ3v) is 13.2. The Labute approximate surface area is 274 Å². The summed E-state index contributed by atoms with van der Waals surface area (Å²) in [5.74, 6) is 2.10. The molecule has 4 heterocycles. The van der Waals surface area contributed by atoms with Crippen molar-refractivity contribution in [1.82, 2.24) is 25.3 Å². The quantitative estimate of drug-likeness (QED) is 0.249. The summed E-state index contributed by atoms with van der Waals surface area (Å²) < 4.78 is 0. The van der Waals surface area contributed by atoms with Gasteiger partial charge in [-0.2, -0.15) is 0 Å². The van der Waals surface area contributed by atoms with Crippen LogP contribution in [0.4, 0.5) is 0 Å². The summed E-state index contributed by atoms with van der Waals surface area (Å²) in [5.41, 5.74) is 0.890. The van der Waals surface area contributed by atoms with Gasteiger partial charge in [0.2, 0.25) is 0 Å². The number of hydrogen-bond donors (Lipinski definition) is 2. The molecular formula is C39H63N5O. The van der Waals surface area contributed by atoms with Crippen LogP contribution in [0.5, 0.6) is 0 Å². The largest absolute Gasteiger partial charge is 0.332 e. The van der Waals surface area contributed by atoms with Gasteiger partial charge in [-0.3, -0.25) is 14.6 Å². The fourth-order valence-electron chi connectivity index (χ4n) is 10.8. The van der Waals surface area contributed by atoms with Crippen molar-refractivity contribution in [3.63, 3.8) is 0 Å². The molecule has 2 N–H and O–H groups in total. The maximum atomic E-state index is 14.4. The third kappa shape index (κ3) is 7.82. The summed E-state index contributed by atoms with van der Waals surface area (Å²) in [7, 11) is 0. The number of benzene rings is 1. The zero-order valence-corrected chi connectivity index (χ0v) is 28.2. The molecule has 4 unspecified atom stereocenters. The zero-order valence-electron chi connectivity index (χ0n) is 28.2. The van der Waals surface area contributed by atoms with E-state index >= 15 is 0 Å². The molecule has 4 atom stereocenters. The molecule has 250 valence electrons. The van der Waals surface area contributed by atoms with E-state index in [0.29, 0.717) is 42.2 Å². The Morgan fingerprint density at radius 1 is 0.600 bits per heavy atom. The lowest BCUT2D eigenvalue weighted by Gasteiger charge is -2.49. The summed E-state index contributed by atoms with van der Waals surface area (Å²) >= 11 is 0. The number of nitrogens with zero attached hydrogens (tertiary/aromatic N) is 3. The second-order valence-corrected chi connectivity index (χ2v) is 16.0. The normalized spacial score (nSPS) is 33.1. The highest BCUT2D eigenvalue weighted by molar-refractivity contribution is 5.94. The predicted molar refractivity (Wildman–Crippen MR) is 185 cm³/mol. The molecule has 7 rings (SSSR count). The van der Waals surface area contributed by atoms with E-state index in [2.05, 4.69) is 37.5 Å². The Balaban J connectivity index is 0.958. The molecule has 4 aliphatic heterocycles. The molecule has 6 fully saturated rings. The van der Waals surface area contributed by atoms with E-state index in [1.165, 1.54) is 142 Å². The van der Waals surface area contributed by atoms with Crippen molar-refractivity contribution < 1.29 is 4.79 Å². The van der Waals surface area contributed by atoms with Gasteiger partial charge in [-0.05, 0) is 114 Å². The minimum Gasteiger partial charge on any atom is -0.332 e. The molecule has 2 saturated carbocycles. The van der Waals surface area contributed by atoms with Crippen LogP contribution in [0.15, 0.2) is 30.3 Å². The predicted octanol–water partition coefficient (Wildman–Crippen LogP) is 6.46. The number of hydrogen-bond acceptors (Lipinski definition) is 5. The van der Waals surface area contributed by atoms with E-state index in [0.717, 1.165) is 30.5 Å². The fraction of sp³-hybridized carbons (Fsp3) is 0.821. The van der Waals surface area contributed by atoms with Crippen molar-refractivity contribution in [2.75, 3.05) is 39.3 Å². The first-order valence-corrected chi connectivity index (χ1v) is 19.5. The highest BCUT2D eigenvalue weighted by atomic mass is 16.2. The second-order valence-electron chi connectivity index (χ2n) is 16.0. The van der Waals surface area contributed by atoms with Crippen molar-refractivity contribution in [3.8, 4) is 0 Å². The smallest absolute Gasteiger partial charge is 0.254 e. The van der Waals surface area contributed by atoms with Crippen molar-refractivity contribution in [1.29, 1.82) is 0 Å². The molecule has 6 aliphatic rings. The van der Waals surface area contributed by atoms with Gasteiger partial charge in [-0.1, -0.05) is 56.7 Å². The topological polar surface area (TPSA) is 50.9 Å². The van der Waals surface area contributed by atoms with Gasteiger partial charge < -0.3 is 15.5 Å². The van der Waals surface area contributed by atoms with Crippen molar-refractivity contribution in [2.45, 2.75) is 152 Å². The minimum absolute atomic E-state index is 0.301. The van der Waals surface area contributed by atoms with Crippen molar-refractivity contribution in [2.24, 2.45) is 11.8 Å². The van der Waals surface area contributed by atoms with Gasteiger partial charge in [-0.15, -0.1) is 0 Å². The molecule has 0 aromatic heterocycles. The maximum absolute atomic E-state index is 14.4. The average molecular weight is 618 g/mol. The molecule has 0 spiro atoms. The fourth-order valence-corrected chi connectivity index (χ4v) is 10.8. The van der Waals surface area contributed by atoms with Crippen LogP contribution in [0.3, 0.4) is 0 Å². The number of nitrogens with one attached hydrogen (secondary N) is 2. The summed E-state index contributed by atoms with van der Waals surface area (Å²) in [6, 6.07) is 13.6. The Hall–Kier alpha value is -1.47. The summed E-state index contributed by atoms with van der Waals surface area (Å²) in [5, 5.41) is 7.67. The lowest BCUT2D eigenvalue weighted by molar-refractivity contribution is 0.00372. The minimum atomic E-state index is 0.301. The van der Waals surface area contributed by atoms with Gasteiger partial charge >= 0.3 is 0 Å². The molecule has 2 aliphatic carbocycles. The van der Waals surface area contributed by atoms with E-state index in [4.69, 9.17) is 0 Å². The van der Waals surface area contributed by atoms with Crippen LogP contribution >= 0.6 is 0 Å². The van der Waals surface area contributed by atoms with Crippen molar-refractivity contribution >= 4 is 5.91 Å². The van der Waals surface area contributed by atoms with Gasteiger partial charge in [0.25, 0.3) is 5.91 Å². The molecular weight excluding hydrogens is 554 g/mol. The van der Waals surface area contributed by atoms with Crippen LogP contribution in [0.2, 0.25) is 0 Å². The molecule has 1 amide bonds. The number of carbonyl (C=O) groups is 1. The molecule has 45 heavy (non-hydrogen) atoms. The Kier molecular flexibility index (Phi) is 11.1. The molecule has 4 bridgehead atoms. The zero-order chi connectivity index (χ0) is 30.4. The van der Waals surface area contributed by atoms with E-state index in [-0.39, 0.29) is 0 Å². The highest BCUT2D eigenvalue weighted by Crippen LogP contribution is 2.43. The molecule has 1 aromatic carbocycles. The van der Waals surface area contributed by atoms with Gasteiger partial charge in [-0.25, -0.2) is 0 Å².